The molecule has 2 heterocycles. The van der Waals surface area contributed by atoms with E-state index in [0.717, 1.165) is 21.8 Å². The Hall–Kier alpha value is -0.520. The number of nitrogens with one attached hydrogen (secondary N) is 2. The summed E-state index contributed by atoms with van der Waals surface area (Å²) < 4.78 is 1.74. The van der Waals surface area contributed by atoms with Crippen molar-refractivity contribution in [2.45, 2.75) is 6.54 Å². The molecule has 0 bridgehead atoms. The molecule has 0 aliphatic heterocycles. The summed E-state index contributed by atoms with van der Waals surface area (Å²) in [6.45, 7) is 0.718. The first-order valence-electron chi connectivity index (χ1n) is 3.92. The van der Waals surface area contributed by atoms with Crippen LogP contribution in [0.15, 0.2) is 22.9 Å². The van der Waals surface area contributed by atoms with Crippen molar-refractivity contribution in [2.24, 2.45) is 0 Å². The first-order valence-corrected chi connectivity index (χ1v) is 5.91. The van der Waals surface area contributed by atoms with Gasteiger partial charge in [-0.15, -0.1) is 0 Å². The molecule has 0 aromatic carbocycles. The van der Waals surface area contributed by atoms with Gasteiger partial charge in [-0.1, -0.05) is 22.9 Å². The van der Waals surface area contributed by atoms with E-state index in [9.17, 15) is 0 Å². The molecule has 2 aromatic heterocycles. The van der Waals surface area contributed by atoms with Crippen LogP contribution < -0.4 is 5.32 Å². The van der Waals surface area contributed by atoms with Gasteiger partial charge < -0.3 is 10.3 Å². The maximum Gasteiger partial charge on any atom is 0.184 e. The van der Waals surface area contributed by atoms with E-state index in [4.69, 9.17) is 11.6 Å². The largest absolute Gasteiger partial charge is 0.362 e. The lowest BCUT2D eigenvalue weighted by atomic mass is 10.4. The summed E-state index contributed by atoms with van der Waals surface area (Å²) in [6, 6.07) is 2.02. The lowest BCUT2D eigenvalue weighted by Gasteiger charge is -1.98. The van der Waals surface area contributed by atoms with Gasteiger partial charge in [-0.3, -0.25) is 0 Å². The monoisotopic (exact) mass is 291 g/mol. The van der Waals surface area contributed by atoms with Gasteiger partial charge >= 0.3 is 0 Å². The molecular formula is C8H7BrClN3S. The molecule has 3 nitrogen and oxygen atoms in total. The van der Waals surface area contributed by atoms with Gasteiger partial charge in [0.2, 0.25) is 0 Å². The number of hydrogen-bond acceptors (Lipinski definition) is 3. The fourth-order valence-electron chi connectivity index (χ4n) is 1.02. The van der Waals surface area contributed by atoms with E-state index in [1.807, 2.05) is 12.3 Å². The minimum atomic E-state index is 0.695. The Kier molecular flexibility index (Phi) is 3.10. The third-order valence-corrected chi connectivity index (χ3v) is 3.15. The van der Waals surface area contributed by atoms with E-state index < -0.39 is 0 Å². The van der Waals surface area contributed by atoms with Crippen molar-refractivity contribution in [2.75, 3.05) is 5.32 Å². The lowest BCUT2D eigenvalue weighted by molar-refractivity contribution is 1.07. The van der Waals surface area contributed by atoms with E-state index in [2.05, 4.69) is 31.2 Å². The van der Waals surface area contributed by atoms with Crippen LogP contribution in [-0.2, 0) is 6.54 Å². The summed E-state index contributed by atoms with van der Waals surface area (Å²) in [4.78, 5) is 7.20. The highest BCUT2D eigenvalue weighted by molar-refractivity contribution is 9.10. The highest BCUT2D eigenvalue weighted by Crippen LogP contribution is 2.23. The van der Waals surface area contributed by atoms with Crippen LogP contribution in [0.3, 0.4) is 0 Å². The normalized spacial score (nSPS) is 10.4. The molecule has 2 rings (SSSR count). The minimum absolute atomic E-state index is 0.695. The second-order valence-electron chi connectivity index (χ2n) is 2.67. The van der Waals surface area contributed by atoms with Crippen molar-refractivity contribution in [3.8, 4) is 0 Å². The molecule has 0 unspecified atom stereocenters. The topological polar surface area (TPSA) is 40.7 Å². The predicted molar refractivity (Wildman–Crippen MR) is 62.9 cm³/mol. The number of H-pyrrole nitrogens is 1. The Morgan fingerprint density at radius 2 is 2.50 bits per heavy atom. The summed E-state index contributed by atoms with van der Waals surface area (Å²) in [7, 11) is 0. The fraction of sp³-hybridized carbons (Fsp3) is 0.125. The van der Waals surface area contributed by atoms with E-state index >= 15 is 0 Å². The second-order valence-corrected chi connectivity index (χ2v) is 5.24. The first kappa shape index (κ1) is 10.0. The van der Waals surface area contributed by atoms with Crippen molar-refractivity contribution in [1.82, 2.24) is 9.97 Å². The summed E-state index contributed by atoms with van der Waals surface area (Å²) in [5.74, 6) is 0. The molecule has 2 aromatic rings. The second kappa shape index (κ2) is 4.33. The zero-order chi connectivity index (χ0) is 9.97. The van der Waals surface area contributed by atoms with Crippen LogP contribution in [0.25, 0.3) is 0 Å². The molecular weight excluding hydrogens is 286 g/mol. The van der Waals surface area contributed by atoms with Gasteiger partial charge in [0.25, 0.3) is 0 Å². The van der Waals surface area contributed by atoms with Crippen molar-refractivity contribution in [3.05, 3.63) is 33.0 Å². The number of thiazole rings is 1. The van der Waals surface area contributed by atoms with E-state index in [-0.39, 0.29) is 0 Å². The summed E-state index contributed by atoms with van der Waals surface area (Å²) >= 11 is 10.5. The first-order chi connectivity index (χ1) is 6.74. The average molecular weight is 293 g/mol. The zero-order valence-electron chi connectivity index (χ0n) is 7.05. The molecule has 2 N–H and O–H groups in total. The highest BCUT2D eigenvalue weighted by atomic mass is 79.9. The standard InChI is InChI=1S/C8H7BrClN3S/c9-5-1-6(11-2-5)3-12-8-13-4-7(10)14-8/h1-2,4,11H,3H2,(H,12,13). The lowest BCUT2D eigenvalue weighted by Crippen LogP contribution is -1.98. The van der Waals surface area contributed by atoms with Gasteiger partial charge in [0.1, 0.15) is 4.34 Å². The molecule has 0 saturated heterocycles. The number of rotatable bonds is 3. The summed E-state index contributed by atoms with van der Waals surface area (Å²) in [5.41, 5.74) is 1.10. The Labute approximate surface area is 98.6 Å². The van der Waals surface area contributed by atoms with Crippen LogP contribution >= 0.6 is 38.9 Å². The molecule has 0 spiro atoms. The molecule has 0 fully saturated rings. The van der Waals surface area contributed by atoms with Crippen LogP contribution in [0.5, 0.6) is 0 Å². The van der Waals surface area contributed by atoms with Gasteiger partial charge in [0, 0.05) is 16.4 Å². The zero-order valence-corrected chi connectivity index (χ0v) is 10.2. The average Bonchev–Trinajstić information content (AvgIpc) is 2.72. The number of nitrogens with zero attached hydrogens (tertiary/aromatic N) is 1. The van der Waals surface area contributed by atoms with Crippen LogP contribution in [-0.4, -0.2) is 9.97 Å². The van der Waals surface area contributed by atoms with Gasteiger partial charge in [0.15, 0.2) is 5.13 Å². The third kappa shape index (κ3) is 2.50. The van der Waals surface area contributed by atoms with Gasteiger partial charge in [0.05, 0.1) is 12.7 Å². The van der Waals surface area contributed by atoms with Crippen molar-refractivity contribution >= 4 is 44.0 Å². The molecule has 0 atom stereocenters. The van der Waals surface area contributed by atoms with Crippen LogP contribution in [0.2, 0.25) is 4.34 Å². The molecule has 14 heavy (non-hydrogen) atoms. The fourth-order valence-corrected chi connectivity index (χ4v) is 2.22. The van der Waals surface area contributed by atoms with Gasteiger partial charge in [-0.2, -0.15) is 0 Å². The molecule has 0 amide bonds. The smallest absolute Gasteiger partial charge is 0.184 e. The van der Waals surface area contributed by atoms with Crippen molar-refractivity contribution in [1.29, 1.82) is 0 Å². The molecule has 0 aliphatic rings. The van der Waals surface area contributed by atoms with Crippen LogP contribution in [0, 0.1) is 0 Å². The molecule has 0 radical (unpaired) electrons. The molecule has 6 heteroatoms. The Morgan fingerprint density at radius 3 is 3.07 bits per heavy atom. The molecule has 74 valence electrons. The van der Waals surface area contributed by atoms with Crippen molar-refractivity contribution in [3.63, 3.8) is 0 Å². The molecule has 0 saturated carbocycles. The maximum atomic E-state index is 5.75. The highest BCUT2D eigenvalue weighted by Gasteiger charge is 2.00. The number of aromatic nitrogens is 2. The summed E-state index contributed by atoms with van der Waals surface area (Å²) in [5, 5.41) is 4.00. The number of hydrogen-bond donors (Lipinski definition) is 2. The quantitative estimate of drug-likeness (QED) is 0.909. The predicted octanol–water partition coefficient (Wildman–Crippen LogP) is 3.50. The van der Waals surface area contributed by atoms with Crippen LogP contribution in [0.1, 0.15) is 5.69 Å². The Balaban J connectivity index is 1.94. The van der Waals surface area contributed by atoms with Crippen LogP contribution in [0.4, 0.5) is 5.13 Å². The minimum Gasteiger partial charge on any atom is -0.362 e. The van der Waals surface area contributed by atoms with Gasteiger partial charge in [-0.05, 0) is 22.0 Å². The van der Waals surface area contributed by atoms with E-state index in [0.29, 0.717) is 4.34 Å². The maximum absolute atomic E-state index is 5.75. The number of halogens is 2. The van der Waals surface area contributed by atoms with E-state index in [1.54, 1.807) is 6.20 Å². The van der Waals surface area contributed by atoms with Gasteiger partial charge in [-0.25, -0.2) is 4.98 Å². The van der Waals surface area contributed by atoms with E-state index in [1.165, 1.54) is 11.3 Å². The van der Waals surface area contributed by atoms with Crippen molar-refractivity contribution < 1.29 is 0 Å². The third-order valence-electron chi connectivity index (χ3n) is 1.62. The molecule has 0 aliphatic carbocycles. The SMILES string of the molecule is Clc1cnc(NCc2cc(Br)c[nH]2)s1. The number of aromatic amines is 1. The number of anilines is 1. The Bertz CT molecular complexity index is 385. The Morgan fingerprint density at radius 1 is 1.64 bits per heavy atom. The summed E-state index contributed by atoms with van der Waals surface area (Å²) in [6.07, 6.45) is 3.53.